The van der Waals surface area contributed by atoms with Gasteiger partial charge in [0.05, 0.1) is 0 Å². The summed E-state index contributed by atoms with van der Waals surface area (Å²) < 4.78 is 0. The predicted octanol–water partition coefficient (Wildman–Crippen LogP) is 10.3. The van der Waals surface area contributed by atoms with Crippen LogP contribution in [0, 0.1) is 19.8 Å². The van der Waals surface area contributed by atoms with Crippen LogP contribution in [0.4, 0.5) is 0 Å². The maximum Gasteiger partial charge on any atom is -0.0443 e. The fourth-order valence-electron chi connectivity index (χ4n) is 4.14. The second-order valence-electron chi connectivity index (χ2n) is 9.11. The van der Waals surface area contributed by atoms with E-state index < -0.39 is 0 Å². The van der Waals surface area contributed by atoms with Crippen LogP contribution in [0.5, 0.6) is 0 Å². The summed E-state index contributed by atoms with van der Waals surface area (Å²) in [5, 5.41) is 0. The van der Waals surface area contributed by atoms with Crippen molar-refractivity contribution in [2.75, 3.05) is 0 Å². The third-order valence-corrected chi connectivity index (χ3v) is 6.14. The smallest absolute Gasteiger partial charge is 0.0443 e. The van der Waals surface area contributed by atoms with Crippen LogP contribution in [0.2, 0.25) is 0 Å². The molecule has 1 atom stereocenters. The first-order valence-electron chi connectivity index (χ1n) is 12.9. The molecule has 0 aliphatic heterocycles. The van der Waals surface area contributed by atoms with Crippen molar-refractivity contribution in [3.05, 3.63) is 13.8 Å². The summed E-state index contributed by atoms with van der Waals surface area (Å²) in [6.45, 7) is 10.3. The van der Waals surface area contributed by atoms with Crippen molar-refractivity contribution >= 4 is 0 Å². The van der Waals surface area contributed by atoms with E-state index in [1.807, 2.05) is 0 Å². The van der Waals surface area contributed by atoms with Gasteiger partial charge in [-0.2, -0.15) is 0 Å². The van der Waals surface area contributed by atoms with Gasteiger partial charge in [0.1, 0.15) is 0 Å². The van der Waals surface area contributed by atoms with Gasteiger partial charge in [0, 0.05) is 0 Å². The molecule has 0 nitrogen and oxygen atoms in total. The van der Waals surface area contributed by atoms with Gasteiger partial charge in [0.15, 0.2) is 0 Å². The number of unbranched alkanes of at least 4 members (excludes halogenated alkanes) is 19. The normalized spacial score (nSPS) is 12.6. The highest BCUT2D eigenvalue weighted by Gasteiger charge is 2.02. The molecule has 0 bridgehead atoms. The second-order valence-corrected chi connectivity index (χ2v) is 9.11. The standard InChI is InChI=1S/C27H54/c1-4-6-8-10-12-13-14-15-16-17-18-20-22-24-26-27(3)25-23-21-19-11-9-7-5-2/h27H,1-2,4-26H2,3H3. The van der Waals surface area contributed by atoms with Gasteiger partial charge >= 0.3 is 0 Å². The average molecular weight is 379 g/mol. The van der Waals surface area contributed by atoms with Crippen molar-refractivity contribution in [3.8, 4) is 0 Å². The fraction of sp³-hybridized carbons (Fsp3) is 0.926. The quantitative estimate of drug-likeness (QED) is 0.155. The minimum atomic E-state index is 0.957. The van der Waals surface area contributed by atoms with Crippen molar-refractivity contribution in [2.45, 2.75) is 155 Å². The lowest BCUT2D eigenvalue weighted by atomic mass is 9.95. The van der Waals surface area contributed by atoms with Crippen LogP contribution in [-0.2, 0) is 0 Å². The maximum atomic E-state index is 3.92. The van der Waals surface area contributed by atoms with Gasteiger partial charge in [-0.1, -0.05) is 168 Å². The molecule has 0 heteroatoms. The van der Waals surface area contributed by atoms with Gasteiger partial charge in [0.2, 0.25) is 0 Å². The minimum absolute atomic E-state index is 0.957. The SMILES string of the molecule is [CH2]CCCCCCCCCCCCCCCC(C)CCCCCCCC[CH2]. The Bertz CT molecular complexity index is 244. The molecule has 0 spiro atoms. The molecule has 162 valence electrons. The van der Waals surface area contributed by atoms with Crippen LogP contribution in [0.15, 0.2) is 0 Å². The number of hydrogen-bond acceptors (Lipinski definition) is 0. The third-order valence-electron chi connectivity index (χ3n) is 6.14. The molecule has 0 fully saturated rings. The highest BCUT2D eigenvalue weighted by Crippen LogP contribution is 2.19. The molecule has 2 radical (unpaired) electrons. The van der Waals surface area contributed by atoms with Crippen LogP contribution in [0.25, 0.3) is 0 Å². The van der Waals surface area contributed by atoms with E-state index in [0.29, 0.717) is 0 Å². The van der Waals surface area contributed by atoms with E-state index in [4.69, 9.17) is 0 Å². The van der Waals surface area contributed by atoms with Crippen LogP contribution in [-0.4, -0.2) is 0 Å². The Kier molecular flexibility index (Phi) is 24.0. The van der Waals surface area contributed by atoms with Crippen molar-refractivity contribution in [3.63, 3.8) is 0 Å². The zero-order valence-electron chi connectivity index (χ0n) is 19.3. The molecular formula is C27H54. The van der Waals surface area contributed by atoms with Crippen LogP contribution in [0.3, 0.4) is 0 Å². The van der Waals surface area contributed by atoms with Crippen LogP contribution >= 0.6 is 0 Å². The van der Waals surface area contributed by atoms with Crippen LogP contribution < -0.4 is 0 Å². The van der Waals surface area contributed by atoms with Gasteiger partial charge < -0.3 is 0 Å². The summed E-state index contributed by atoms with van der Waals surface area (Å²) in [7, 11) is 0. The Labute approximate surface area is 174 Å². The van der Waals surface area contributed by atoms with Crippen molar-refractivity contribution in [1.82, 2.24) is 0 Å². The molecule has 0 N–H and O–H groups in total. The zero-order chi connectivity index (χ0) is 19.8. The molecule has 0 aromatic carbocycles. The minimum Gasteiger partial charge on any atom is -0.0625 e. The summed E-state index contributed by atoms with van der Waals surface area (Å²) in [6.07, 6.45) is 32.6. The monoisotopic (exact) mass is 378 g/mol. The molecule has 1 unspecified atom stereocenters. The molecule has 0 aromatic heterocycles. The topological polar surface area (TPSA) is 0 Å². The lowest BCUT2D eigenvalue weighted by molar-refractivity contribution is 0.430. The van der Waals surface area contributed by atoms with Gasteiger partial charge in [-0.3, -0.25) is 0 Å². The van der Waals surface area contributed by atoms with E-state index in [0.717, 1.165) is 18.8 Å². The van der Waals surface area contributed by atoms with Gasteiger partial charge in [-0.15, -0.1) is 0 Å². The highest BCUT2D eigenvalue weighted by molar-refractivity contribution is 4.56. The second kappa shape index (κ2) is 24.0. The molecule has 27 heavy (non-hydrogen) atoms. The van der Waals surface area contributed by atoms with E-state index in [1.165, 1.54) is 135 Å². The lowest BCUT2D eigenvalue weighted by Crippen LogP contribution is -1.95. The Balaban J connectivity index is 3.10. The first kappa shape index (κ1) is 27.0. The average Bonchev–Trinajstić information content (AvgIpc) is 2.67. The predicted molar refractivity (Wildman–Crippen MR) is 126 cm³/mol. The van der Waals surface area contributed by atoms with Crippen molar-refractivity contribution in [2.24, 2.45) is 5.92 Å². The summed E-state index contributed by atoms with van der Waals surface area (Å²) in [6, 6.07) is 0. The number of rotatable bonds is 23. The third kappa shape index (κ3) is 24.0. The summed E-state index contributed by atoms with van der Waals surface area (Å²) in [4.78, 5) is 0. The van der Waals surface area contributed by atoms with E-state index in [1.54, 1.807) is 0 Å². The molecule has 0 amide bonds. The van der Waals surface area contributed by atoms with Crippen LogP contribution in [0.1, 0.15) is 155 Å². The van der Waals surface area contributed by atoms with E-state index in [2.05, 4.69) is 20.8 Å². The summed E-state index contributed by atoms with van der Waals surface area (Å²) in [5.74, 6) is 0.957. The Morgan fingerprint density at radius 3 is 0.852 bits per heavy atom. The molecular weight excluding hydrogens is 324 g/mol. The number of hydrogen-bond donors (Lipinski definition) is 0. The van der Waals surface area contributed by atoms with Crippen molar-refractivity contribution < 1.29 is 0 Å². The molecule has 0 aliphatic carbocycles. The molecule has 0 aliphatic rings. The molecule has 0 heterocycles. The Morgan fingerprint density at radius 1 is 0.370 bits per heavy atom. The molecule has 0 aromatic rings. The molecule has 0 rings (SSSR count). The summed E-state index contributed by atoms with van der Waals surface area (Å²) in [5.41, 5.74) is 0. The first-order valence-corrected chi connectivity index (χ1v) is 12.9. The van der Waals surface area contributed by atoms with E-state index >= 15 is 0 Å². The Morgan fingerprint density at radius 2 is 0.593 bits per heavy atom. The first-order chi connectivity index (χ1) is 13.3. The van der Waals surface area contributed by atoms with Crippen molar-refractivity contribution in [1.29, 1.82) is 0 Å². The lowest BCUT2D eigenvalue weighted by Gasteiger charge is -2.11. The molecule has 0 saturated heterocycles. The van der Waals surface area contributed by atoms with E-state index in [-0.39, 0.29) is 0 Å². The highest BCUT2D eigenvalue weighted by atomic mass is 14.1. The zero-order valence-corrected chi connectivity index (χ0v) is 19.3. The largest absolute Gasteiger partial charge is 0.0625 e. The fourth-order valence-corrected chi connectivity index (χ4v) is 4.14. The summed E-state index contributed by atoms with van der Waals surface area (Å²) >= 11 is 0. The van der Waals surface area contributed by atoms with Gasteiger partial charge in [-0.25, -0.2) is 0 Å². The van der Waals surface area contributed by atoms with E-state index in [9.17, 15) is 0 Å². The maximum absolute atomic E-state index is 3.92. The Hall–Kier alpha value is 0. The molecule has 0 saturated carbocycles. The van der Waals surface area contributed by atoms with Gasteiger partial charge in [-0.05, 0) is 5.92 Å². The van der Waals surface area contributed by atoms with Gasteiger partial charge in [0.25, 0.3) is 0 Å².